The summed E-state index contributed by atoms with van der Waals surface area (Å²) in [4.78, 5) is 12.9. The quantitative estimate of drug-likeness (QED) is 0.814. The summed E-state index contributed by atoms with van der Waals surface area (Å²) >= 11 is 0. The van der Waals surface area contributed by atoms with Crippen molar-refractivity contribution >= 4 is 27.3 Å². The molecule has 1 fully saturated rings. The molecule has 1 N–H and O–H groups in total. The van der Waals surface area contributed by atoms with Crippen molar-refractivity contribution in [3.8, 4) is 11.5 Å². The average molecular weight is 394 g/mol. The SMILES string of the molecule is COc1cc(F)c(S(=O)(=O)Nc2cccc(N3CCCC3=O)c2)cc1OC. The zero-order chi connectivity index (χ0) is 19.6. The molecule has 2 aromatic rings. The minimum atomic E-state index is -4.22. The molecule has 1 aliphatic heterocycles. The Morgan fingerprint density at radius 3 is 2.44 bits per heavy atom. The number of carbonyl (C=O) groups is 1. The first-order valence-corrected chi connectivity index (χ1v) is 9.69. The van der Waals surface area contributed by atoms with Crippen molar-refractivity contribution in [1.29, 1.82) is 0 Å². The molecule has 1 aliphatic rings. The number of anilines is 2. The van der Waals surface area contributed by atoms with Crippen molar-refractivity contribution in [2.45, 2.75) is 17.7 Å². The highest BCUT2D eigenvalue weighted by atomic mass is 32.2. The van der Waals surface area contributed by atoms with Crippen LogP contribution in [0.4, 0.5) is 15.8 Å². The number of hydrogen-bond acceptors (Lipinski definition) is 5. The molecule has 0 aliphatic carbocycles. The Hall–Kier alpha value is -2.81. The Bertz CT molecular complexity index is 978. The number of nitrogens with zero attached hydrogens (tertiary/aromatic N) is 1. The molecule has 0 radical (unpaired) electrons. The first-order valence-electron chi connectivity index (χ1n) is 8.20. The van der Waals surface area contributed by atoms with Gasteiger partial charge in [-0.3, -0.25) is 9.52 Å². The Balaban J connectivity index is 1.92. The maximum absolute atomic E-state index is 14.3. The molecular formula is C18H19FN2O5S. The lowest BCUT2D eigenvalue weighted by Gasteiger charge is -2.17. The molecule has 9 heteroatoms. The van der Waals surface area contributed by atoms with Crippen LogP contribution in [0, 0.1) is 5.82 Å². The summed E-state index contributed by atoms with van der Waals surface area (Å²) in [6.45, 7) is 0.583. The van der Waals surface area contributed by atoms with E-state index in [2.05, 4.69) is 4.72 Å². The molecule has 0 unspecified atom stereocenters. The number of methoxy groups -OCH3 is 2. The van der Waals surface area contributed by atoms with Gasteiger partial charge in [-0.05, 0) is 24.6 Å². The molecule has 0 atom stereocenters. The van der Waals surface area contributed by atoms with Crippen molar-refractivity contribution < 1.29 is 27.1 Å². The summed E-state index contributed by atoms with van der Waals surface area (Å²) in [6, 6.07) is 8.43. The van der Waals surface area contributed by atoms with E-state index in [1.54, 1.807) is 23.1 Å². The van der Waals surface area contributed by atoms with E-state index in [4.69, 9.17) is 9.47 Å². The highest BCUT2D eigenvalue weighted by Crippen LogP contribution is 2.33. The zero-order valence-corrected chi connectivity index (χ0v) is 15.7. The van der Waals surface area contributed by atoms with Gasteiger partial charge in [0, 0.05) is 30.8 Å². The topological polar surface area (TPSA) is 84.9 Å². The van der Waals surface area contributed by atoms with Crippen LogP contribution in [0.2, 0.25) is 0 Å². The Morgan fingerprint density at radius 2 is 1.81 bits per heavy atom. The van der Waals surface area contributed by atoms with Crippen LogP contribution in [0.1, 0.15) is 12.8 Å². The smallest absolute Gasteiger partial charge is 0.264 e. The second-order valence-corrected chi connectivity index (χ2v) is 7.59. The van der Waals surface area contributed by atoms with E-state index in [0.29, 0.717) is 18.7 Å². The van der Waals surface area contributed by atoms with Crippen molar-refractivity contribution in [3.63, 3.8) is 0 Å². The van der Waals surface area contributed by atoms with E-state index >= 15 is 0 Å². The number of benzene rings is 2. The largest absolute Gasteiger partial charge is 0.493 e. The third-order valence-corrected chi connectivity index (χ3v) is 5.61. The Morgan fingerprint density at radius 1 is 1.11 bits per heavy atom. The number of rotatable bonds is 6. The summed E-state index contributed by atoms with van der Waals surface area (Å²) < 4.78 is 52.0. The number of hydrogen-bond donors (Lipinski definition) is 1. The first-order chi connectivity index (χ1) is 12.9. The minimum absolute atomic E-state index is 0.0130. The van der Waals surface area contributed by atoms with Crippen LogP contribution < -0.4 is 19.1 Å². The molecule has 1 heterocycles. The average Bonchev–Trinajstić information content (AvgIpc) is 3.07. The molecule has 3 rings (SSSR count). The fourth-order valence-corrected chi connectivity index (χ4v) is 4.04. The van der Waals surface area contributed by atoms with Crippen LogP contribution in [0.5, 0.6) is 11.5 Å². The van der Waals surface area contributed by atoms with E-state index in [0.717, 1.165) is 18.6 Å². The number of halogens is 1. The molecule has 1 amide bonds. The Labute approximate surface area is 156 Å². The number of carbonyl (C=O) groups excluding carboxylic acids is 1. The fourth-order valence-electron chi connectivity index (χ4n) is 2.91. The predicted molar refractivity (Wildman–Crippen MR) is 98.3 cm³/mol. The van der Waals surface area contributed by atoms with E-state index in [1.807, 2.05) is 0 Å². The van der Waals surface area contributed by atoms with Gasteiger partial charge in [0.05, 0.1) is 19.9 Å². The second kappa shape index (κ2) is 7.43. The zero-order valence-electron chi connectivity index (χ0n) is 14.9. The second-order valence-electron chi connectivity index (χ2n) is 5.94. The van der Waals surface area contributed by atoms with Crippen LogP contribution in [0.15, 0.2) is 41.3 Å². The van der Waals surface area contributed by atoms with Gasteiger partial charge in [0.2, 0.25) is 5.91 Å². The molecule has 0 saturated carbocycles. The number of ether oxygens (including phenoxy) is 2. The van der Waals surface area contributed by atoms with Gasteiger partial charge in [0.15, 0.2) is 11.5 Å². The van der Waals surface area contributed by atoms with Crippen molar-refractivity contribution in [2.75, 3.05) is 30.4 Å². The lowest BCUT2D eigenvalue weighted by molar-refractivity contribution is -0.117. The maximum atomic E-state index is 14.3. The third-order valence-electron chi connectivity index (χ3n) is 4.21. The molecule has 2 aromatic carbocycles. The van der Waals surface area contributed by atoms with E-state index in [9.17, 15) is 17.6 Å². The Kier molecular flexibility index (Phi) is 5.22. The van der Waals surface area contributed by atoms with Crippen molar-refractivity contribution in [1.82, 2.24) is 0 Å². The third kappa shape index (κ3) is 3.82. The molecule has 7 nitrogen and oxygen atoms in total. The first kappa shape index (κ1) is 19.0. The summed E-state index contributed by atoms with van der Waals surface area (Å²) in [6.07, 6.45) is 1.22. The fraction of sp³-hybridized carbons (Fsp3) is 0.278. The highest BCUT2D eigenvalue weighted by molar-refractivity contribution is 7.92. The lowest BCUT2D eigenvalue weighted by Crippen LogP contribution is -2.23. The number of sulfonamides is 1. The van der Waals surface area contributed by atoms with Crippen LogP contribution in [0.3, 0.4) is 0 Å². The van der Waals surface area contributed by atoms with Crippen molar-refractivity contribution in [2.24, 2.45) is 0 Å². The molecule has 0 spiro atoms. The standard InChI is InChI=1S/C18H19FN2O5S/c1-25-15-10-14(19)17(11-16(15)26-2)27(23,24)20-12-5-3-6-13(9-12)21-8-4-7-18(21)22/h3,5-6,9-11,20H,4,7-8H2,1-2H3. The number of nitrogens with one attached hydrogen (secondary N) is 1. The van der Waals surface area contributed by atoms with Crippen LogP contribution in [-0.2, 0) is 14.8 Å². The van der Waals surface area contributed by atoms with Gasteiger partial charge in [-0.2, -0.15) is 0 Å². The van der Waals surface area contributed by atoms with Crippen LogP contribution in [-0.4, -0.2) is 35.1 Å². The van der Waals surface area contributed by atoms with E-state index in [1.165, 1.54) is 20.3 Å². The van der Waals surface area contributed by atoms with Crippen LogP contribution in [0.25, 0.3) is 0 Å². The predicted octanol–water partition coefficient (Wildman–Crippen LogP) is 2.77. The normalized spacial score (nSPS) is 14.3. The molecule has 0 aromatic heterocycles. The summed E-state index contributed by atoms with van der Waals surface area (Å²) in [7, 11) is -1.56. The molecule has 144 valence electrons. The monoisotopic (exact) mass is 394 g/mol. The van der Waals surface area contributed by atoms with E-state index < -0.39 is 20.7 Å². The summed E-state index contributed by atoms with van der Waals surface area (Å²) in [5.74, 6) is -0.800. The highest BCUT2D eigenvalue weighted by Gasteiger charge is 2.25. The van der Waals surface area contributed by atoms with Gasteiger partial charge in [0.25, 0.3) is 10.0 Å². The molecule has 27 heavy (non-hydrogen) atoms. The maximum Gasteiger partial charge on any atom is 0.264 e. The van der Waals surface area contributed by atoms with Gasteiger partial charge in [-0.15, -0.1) is 0 Å². The van der Waals surface area contributed by atoms with Crippen molar-refractivity contribution in [3.05, 3.63) is 42.2 Å². The van der Waals surface area contributed by atoms with E-state index in [-0.39, 0.29) is 23.1 Å². The summed E-state index contributed by atoms with van der Waals surface area (Å²) in [5.41, 5.74) is 0.812. The van der Waals surface area contributed by atoms with Gasteiger partial charge in [0.1, 0.15) is 10.7 Å². The molecule has 1 saturated heterocycles. The van der Waals surface area contributed by atoms with Gasteiger partial charge in [-0.25, -0.2) is 12.8 Å². The molecular weight excluding hydrogens is 375 g/mol. The number of amides is 1. The van der Waals surface area contributed by atoms with Gasteiger partial charge >= 0.3 is 0 Å². The van der Waals surface area contributed by atoms with Gasteiger partial charge in [-0.1, -0.05) is 6.07 Å². The lowest BCUT2D eigenvalue weighted by atomic mass is 10.2. The summed E-state index contributed by atoms with van der Waals surface area (Å²) in [5, 5.41) is 0. The minimum Gasteiger partial charge on any atom is -0.493 e. The van der Waals surface area contributed by atoms with Gasteiger partial charge < -0.3 is 14.4 Å². The van der Waals surface area contributed by atoms with Crippen LogP contribution >= 0.6 is 0 Å². The molecule has 0 bridgehead atoms.